The lowest BCUT2D eigenvalue weighted by Crippen LogP contribution is -2.12. The largest absolute Gasteiger partial charge is 0.501 e. The summed E-state index contributed by atoms with van der Waals surface area (Å²) in [5, 5.41) is 2.39. The van der Waals surface area contributed by atoms with E-state index in [2.05, 4.69) is 18.8 Å². The average molecular weight is 169 g/mol. The van der Waals surface area contributed by atoms with Crippen molar-refractivity contribution >= 4 is 5.91 Å². The van der Waals surface area contributed by atoms with Crippen LogP contribution < -0.4 is 5.32 Å². The fraction of sp³-hybridized carbons (Fsp3) is 0.444. The van der Waals surface area contributed by atoms with Gasteiger partial charge in [-0.2, -0.15) is 0 Å². The molecule has 0 aliphatic carbocycles. The topological polar surface area (TPSA) is 38.3 Å². The van der Waals surface area contributed by atoms with Crippen LogP contribution in [0.5, 0.6) is 0 Å². The summed E-state index contributed by atoms with van der Waals surface area (Å²) in [6.07, 6.45) is 6.16. The fourth-order valence-corrected chi connectivity index (χ4v) is 0.554. The van der Waals surface area contributed by atoms with Crippen molar-refractivity contribution in [3.63, 3.8) is 0 Å². The molecule has 0 aliphatic heterocycles. The number of hydrogen-bond donors (Lipinski definition) is 1. The number of hydrogen-bond acceptors (Lipinski definition) is 2. The summed E-state index contributed by atoms with van der Waals surface area (Å²) in [5.41, 5.74) is 0. The van der Waals surface area contributed by atoms with Gasteiger partial charge in [0.05, 0.1) is 12.9 Å². The highest BCUT2D eigenvalue weighted by Crippen LogP contribution is 1.88. The maximum Gasteiger partial charge on any atom is 0.250 e. The molecule has 0 rings (SSSR count). The highest BCUT2D eigenvalue weighted by atomic mass is 16.5. The summed E-state index contributed by atoms with van der Waals surface area (Å²) in [5.74, 6) is -0.221. The molecule has 1 N–H and O–H groups in total. The molecule has 0 spiro atoms. The zero-order valence-electron chi connectivity index (χ0n) is 7.38. The highest BCUT2D eigenvalue weighted by molar-refractivity contribution is 5.87. The fourth-order valence-electron chi connectivity index (χ4n) is 0.554. The second kappa shape index (κ2) is 7.85. The molecular formula is C9H15NO2. The zero-order valence-corrected chi connectivity index (χ0v) is 7.38. The van der Waals surface area contributed by atoms with Gasteiger partial charge in [-0.3, -0.25) is 4.79 Å². The average Bonchev–Trinajstić information content (AvgIpc) is 2.05. The third-order valence-corrected chi connectivity index (χ3v) is 1.18. The number of unbranched alkanes of at least 4 members (excludes halogenated alkanes) is 1. The Hall–Kier alpha value is -1.25. The normalized spacial score (nSPS) is 9.75. The van der Waals surface area contributed by atoms with Gasteiger partial charge in [0.15, 0.2) is 0 Å². The quantitative estimate of drug-likeness (QED) is 0.372. The van der Waals surface area contributed by atoms with Crippen molar-refractivity contribution in [1.82, 2.24) is 5.32 Å². The Morgan fingerprint density at radius 2 is 2.42 bits per heavy atom. The standard InChI is InChI=1S/C9H15NO2/c1-3-5-7-12-8-6-9(11)10-4-2/h4,6,8H,2-3,5,7H2,1H3,(H,10,11). The minimum absolute atomic E-state index is 0.221. The van der Waals surface area contributed by atoms with Gasteiger partial charge in [0.25, 0.3) is 5.91 Å². The predicted molar refractivity (Wildman–Crippen MR) is 48.3 cm³/mol. The molecule has 0 aliphatic rings. The molecule has 3 heteroatoms. The van der Waals surface area contributed by atoms with Crippen LogP contribution >= 0.6 is 0 Å². The van der Waals surface area contributed by atoms with Crippen molar-refractivity contribution in [2.45, 2.75) is 19.8 Å². The lowest BCUT2D eigenvalue weighted by atomic mass is 10.4. The van der Waals surface area contributed by atoms with Gasteiger partial charge >= 0.3 is 0 Å². The van der Waals surface area contributed by atoms with E-state index in [1.54, 1.807) is 0 Å². The van der Waals surface area contributed by atoms with Crippen molar-refractivity contribution in [1.29, 1.82) is 0 Å². The van der Waals surface area contributed by atoms with Gasteiger partial charge in [0.1, 0.15) is 0 Å². The van der Waals surface area contributed by atoms with Gasteiger partial charge in [-0.25, -0.2) is 0 Å². The first kappa shape index (κ1) is 10.8. The Balaban J connectivity index is 3.34. The molecular weight excluding hydrogens is 154 g/mol. The Bertz CT molecular complexity index is 164. The van der Waals surface area contributed by atoms with E-state index in [4.69, 9.17) is 4.74 Å². The molecule has 0 saturated carbocycles. The van der Waals surface area contributed by atoms with E-state index in [-0.39, 0.29) is 5.91 Å². The van der Waals surface area contributed by atoms with Gasteiger partial charge in [-0.05, 0) is 12.6 Å². The van der Waals surface area contributed by atoms with Crippen molar-refractivity contribution in [2.75, 3.05) is 6.61 Å². The van der Waals surface area contributed by atoms with Crippen LogP contribution in [0.4, 0.5) is 0 Å². The Morgan fingerprint density at radius 1 is 1.67 bits per heavy atom. The van der Waals surface area contributed by atoms with Crippen LogP contribution in [-0.2, 0) is 9.53 Å². The highest BCUT2D eigenvalue weighted by Gasteiger charge is 1.87. The second-order valence-electron chi connectivity index (χ2n) is 2.24. The summed E-state index contributed by atoms with van der Waals surface area (Å²) >= 11 is 0. The van der Waals surface area contributed by atoms with E-state index in [1.807, 2.05) is 0 Å². The minimum Gasteiger partial charge on any atom is -0.501 e. The molecule has 0 unspecified atom stereocenters. The van der Waals surface area contributed by atoms with Crippen molar-refractivity contribution in [2.24, 2.45) is 0 Å². The van der Waals surface area contributed by atoms with Gasteiger partial charge in [0, 0.05) is 6.08 Å². The molecule has 0 aromatic carbocycles. The Kier molecular flexibility index (Phi) is 7.03. The van der Waals surface area contributed by atoms with E-state index in [0.717, 1.165) is 12.8 Å². The monoisotopic (exact) mass is 169 g/mol. The number of nitrogens with one attached hydrogen (secondary N) is 1. The minimum atomic E-state index is -0.221. The van der Waals surface area contributed by atoms with Crippen LogP contribution in [0.1, 0.15) is 19.8 Å². The first-order valence-electron chi connectivity index (χ1n) is 4.00. The molecule has 0 aromatic rings. The third kappa shape index (κ3) is 6.86. The van der Waals surface area contributed by atoms with Crippen LogP contribution in [0.15, 0.2) is 25.1 Å². The van der Waals surface area contributed by atoms with Crippen molar-refractivity contribution in [3.8, 4) is 0 Å². The molecule has 0 saturated heterocycles. The lowest BCUT2D eigenvalue weighted by Gasteiger charge is -1.96. The Morgan fingerprint density at radius 3 is 3.00 bits per heavy atom. The van der Waals surface area contributed by atoms with Crippen molar-refractivity contribution in [3.05, 3.63) is 25.1 Å². The molecule has 12 heavy (non-hydrogen) atoms. The summed E-state index contributed by atoms with van der Waals surface area (Å²) in [4.78, 5) is 10.7. The van der Waals surface area contributed by atoms with Gasteiger partial charge in [0.2, 0.25) is 0 Å². The molecule has 0 fully saturated rings. The van der Waals surface area contributed by atoms with Gasteiger partial charge < -0.3 is 10.1 Å². The van der Waals surface area contributed by atoms with E-state index in [0.29, 0.717) is 6.61 Å². The zero-order chi connectivity index (χ0) is 9.23. The van der Waals surface area contributed by atoms with E-state index in [1.165, 1.54) is 18.5 Å². The molecule has 3 nitrogen and oxygen atoms in total. The van der Waals surface area contributed by atoms with E-state index in [9.17, 15) is 4.79 Å². The number of ether oxygens (including phenoxy) is 1. The molecule has 0 bridgehead atoms. The summed E-state index contributed by atoms with van der Waals surface area (Å²) in [7, 11) is 0. The first-order valence-corrected chi connectivity index (χ1v) is 4.00. The number of carbonyl (C=O) groups excluding carboxylic acids is 1. The molecule has 0 heterocycles. The van der Waals surface area contributed by atoms with Crippen LogP contribution in [0.25, 0.3) is 0 Å². The maximum atomic E-state index is 10.7. The summed E-state index contributed by atoms with van der Waals surface area (Å²) in [6, 6.07) is 0. The first-order chi connectivity index (χ1) is 5.81. The summed E-state index contributed by atoms with van der Waals surface area (Å²) < 4.78 is 5.02. The maximum absolute atomic E-state index is 10.7. The number of amides is 1. The molecule has 68 valence electrons. The van der Waals surface area contributed by atoms with Gasteiger partial charge in [-0.1, -0.05) is 19.9 Å². The summed E-state index contributed by atoms with van der Waals surface area (Å²) in [6.45, 7) is 6.09. The van der Waals surface area contributed by atoms with Gasteiger partial charge in [-0.15, -0.1) is 0 Å². The van der Waals surface area contributed by atoms with E-state index >= 15 is 0 Å². The smallest absolute Gasteiger partial charge is 0.250 e. The number of carbonyl (C=O) groups is 1. The van der Waals surface area contributed by atoms with E-state index < -0.39 is 0 Å². The SMILES string of the molecule is C=CNC(=O)C=COCCCC. The molecule has 0 aromatic heterocycles. The second-order valence-corrected chi connectivity index (χ2v) is 2.24. The van der Waals surface area contributed by atoms with Crippen LogP contribution in [0, 0.1) is 0 Å². The van der Waals surface area contributed by atoms with Crippen LogP contribution in [0.2, 0.25) is 0 Å². The van der Waals surface area contributed by atoms with Crippen LogP contribution in [-0.4, -0.2) is 12.5 Å². The Labute approximate surface area is 73.1 Å². The van der Waals surface area contributed by atoms with Crippen molar-refractivity contribution < 1.29 is 9.53 Å². The lowest BCUT2D eigenvalue weighted by molar-refractivity contribution is -0.115. The molecule has 0 atom stereocenters. The molecule has 0 radical (unpaired) electrons. The van der Waals surface area contributed by atoms with Crippen LogP contribution in [0.3, 0.4) is 0 Å². The third-order valence-electron chi connectivity index (χ3n) is 1.18. The number of rotatable bonds is 6. The predicted octanol–water partition coefficient (Wildman–Crippen LogP) is 1.58. The molecule has 1 amide bonds.